The van der Waals surface area contributed by atoms with E-state index in [-0.39, 0.29) is 10.6 Å². The summed E-state index contributed by atoms with van der Waals surface area (Å²) in [5.74, 6) is 0.704. The van der Waals surface area contributed by atoms with Crippen LogP contribution < -0.4 is 4.90 Å². The predicted octanol–water partition coefficient (Wildman–Crippen LogP) is 1.13. The second kappa shape index (κ2) is 5.09. The van der Waals surface area contributed by atoms with Gasteiger partial charge >= 0.3 is 0 Å². The van der Waals surface area contributed by atoms with Gasteiger partial charge in [-0.1, -0.05) is 6.92 Å². The van der Waals surface area contributed by atoms with Crippen LogP contribution in [0.4, 0.5) is 11.5 Å². The van der Waals surface area contributed by atoms with Gasteiger partial charge in [0.2, 0.25) is 0 Å². The summed E-state index contributed by atoms with van der Waals surface area (Å²) in [5.41, 5.74) is 0.105. The fourth-order valence-corrected chi connectivity index (χ4v) is 1.99. The van der Waals surface area contributed by atoms with Gasteiger partial charge in [-0.05, 0) is 6.54 Å². The number of hydrogen-bond acceptors (Lipinski definition) is 5. The molecule has 0 saturated carbocycles. The van der Waals surface area contributed by atoms with Crippen LogP contribution in [-0.4, -0.2) is 47.5 Å². The van der Waals surface area contributed by atoms with Crippen LogP contribution in [0.1, 0.15) is 6.92 Å². The van der Waals surface area contributed by atoms with Crippen molar-refractivity contribution in [3.8, 4) is 0 Å². The van der Waals surface area contributed by atoms with Crippen molar-refractivity contribution in [2.24, 2.45) is 0 Å². The molecule has 1 aromatic heterocycles. The molecule has 17 heavy (non-hydrogen) atoms. The van der Waals surface area contributed by atoms with Gasteiger partial charge < -0.3 is 9.80 Å². The van der Waals surface area contributed by atoms with E-state index >= 15 is 0 Å². The third-order valence-electron chi connectivity index (χ3n) is 3.08. The lowest BCUT2D eigenvalue weighted by molar-refractivity contribution is -0.384. The number of rotatable bonds is 3. The summed E-state index contributed by atoms with van der Waals surface area (Å²) in [5, 5.41) is 10.7. The van der Waals surface area contributed by atoms with Gasteiger partial charge in [0.05, 0.1) is 11.0 Å². The van der Waals surface area contributed by atoms with E-state index in [4.69, 9.17) is 0 Å². The van der Waals surface area contributed by atoms with Crippen LogP contribution in [0.5, 0.6) is 0 Å². The maximum absolute atomic E-state index is 10.7. The predicted molar refractivity (Wildman–Crippen MR) is 65.2 cm³/mol. The summed E-state index contributed by atoms with van der Waals surface area (Å²) in [6, 6.07) is 2.97. The first-order valence-electron chi connectivity index (χ1n) is 5.78. The van der Waals surface area contributed by atoms with E-state index in [1.807, 2.05) is 0 Å². The van der Waals surface area contributed by atoms with E-state index in [1.54, 1.807) is 6.07 Å². The van der Waals surface area contributed by atoms with Gasteiger partial charge in [-0.2, -0.15) is 0 Å². The highest BCUT2D eigenvalue weighted by Crippen LogP contribution is 2.19. The zero-order chi connectivity index (χ0) is 12.3. The number of likely N-dealkylation sites (N-methyl/N-ethyl adjacent to an activating group) is 1. The van der Waals surface area contributed by atoms with Crippen LogP contribution in [0.25, 0.3) is 0 Å². The molecular weight excluding hydrogens is 220 g/mol. The first-order valence-corrected chi connectivity index (χ1v) is 5.78. The van der Waals surface area contributed by atoms with Gasteiger partial charge in [0.1, 0.15) is 5.82 Å². The van der Waals surface area contributed by atoms with Crippen LogP contribution in [-0.2, 0) is 0 Å². The largest absolute Gasteiger partial charge is 0.354 e. The minimum Gasteiger partial charge on any atom is -0.354 e. The summed E-state index contributed by atoms with van der Waals surface area (Å²) >= 11 is 0. The molecule has 1 aliphatic rings. The third kappa shape index (κ3) is 2.71. The second-order valence-electron chi connectivity index (χ2n) is 4.05. The Morgan fingerprint density at radius 2 is 2.12 bits per heavy atom. The third-order valence-corrected chi connectivity index (χ3v) is 3.08. The Morgan fingerprint density at radius 1 is 1.41 bits per heavy atom. The number of pyridine rings is 1. The molecule has 1 fully saturated rings. The molecule has 2 rings (SSSR count). The number of hydrogen-bond donors (Lipinski definition) is 0. The molecule has 1 saturated heterocycles. The van der Waals surface area contributed by atoms with Crippen molar-refractivity contribution in [1.29, 1.82) is 0 Å². The van der Waals surface area contributed by atoms with Crippen LogP contribution in [0.2, 0.25) is 0 Å². The lowest BCUT2D eigenvalue weighted by Crippen LogP contribution is -2.46. The molecule has 92 valence electrons. The van der Waals surface area contributed by atoms with E-state index in [0.717, 1.165) is 32.7 Å². The van der Waals surface area contributed by atoms with Crippen LogP contribution >= 0.6 is 0 Å². The molecule has 1 aliphatic heterocycles. The monoisotopic (exact) mass is 236 g/mol. The molecule has 0 amide bonds. The second-order valence-corrected chi connectivity index (χ2v) is 4.05. The van der Waals surface area contributed by atoms with Gasteiger partial charge in [0, 0.05) is 38.4 Å². The average Bonchev–Trinajstić information content (AvgIpc) is 2.39. The molecule has 0 aromatic carbocycles. The van der Waals surface area contributed by atoms with Gasteiger partial charge in [0.15, 0.2) is 0 Å². The zero-order valence-corrected chi connectivity index (χ0v) is 9.87. The molecule has 0 spiro atoms. The van der Waals surface area contributed by atoms with Crippen molar-refractivity contribution < 1.29 is 4.92 Å². The molecule has 6 heteroatoms. The number of nitro groups is 1. The molecule has 0 N–H and O–H groups in total. The van der Waals surface area contributed by atoms with Gasteiger partial charge in [0.25, 0.3) is 5.69 Å². The van der Waals surface area contributed by atoms with Crippen molar-refractivity contribution in [3.63, 3.8) is 0 Å². The van der Waals surface area contributed by atoms with Crippen molar-refractivity contribution in [2.45, 2.75) is 6.92 Å². The molecule has 0 radical (unpaired) electrons. The van der Waals surface area contributed by atoms with E-state index in [9.17, 15) is 10.1 Å². The summed E-state index contributed by atoms with van der Waals surface area (Å²) < 4.78 is 0. The molecule has 0 bridgehead atoms. The maximum Gasteiger partial charge on any atom is 0.274 e. The number of nitrogens with zero attached hydrogens (tertiary/aromatic N) is 4. The Labute approximate surface area is 100 Å². The van der Waals surface area contributed by atoms with Gasteiger partial charge in [-0.25, -0.2) is 4.98 Å². The van der Waals surface area contributed by atoms with E-state index in [0.29, 0.717) is 5.82 Å². The average molecular weight is 236 g/mol. The minimum atomic E-state index is -0.381. The quantitative estimate of drug-likeness (QED) is 0.581. The molecule has 6 nitrogen and oxygen atoms in total. The summed E-state index contributed by atoms with van der Waals surface area (Å²) in [6.07, 6.45) is 1.50. The number of piperazine rings is 1. The Kier molecular flexibility index (Phi) is 3.53. The topological polar surface area (TPSA) is 62.5 Å². The Balaban J connectivity index is 2.08. The minimum absolute atomic E-state index is 0.105. The van der Waals surface area contributed by atoms with Crippen LogP contribution in [0.3, 0.4) is 0 Å². The highest BCUT2D eigenvalue weighted by molar-refractivity contribution is 5.46. The number of anilines is 1. The van der Waals surface area contributed by atoms with Crippen molar-refractivity contribution in [3.05, 3.63) is 28.4 Å². The zero-order valence-electron chi connectivity index (χ0n) is 9.87. The van der Waals surface area contributed by atoms with Crippen molar-refractivity contribution in [2.75, 3.05) is 37.6 Å². The van der Waals surface area contributed by atoms with E-state index in [2.05, 4.69) is 21.7 Å². The standard InChI is InChI=1S/C11H16N4O2/c1-2-13-5-7-14(8-6-13)11-9-10(15(16)17)3-4-12-11/h3-4,9H,2,5-8H2,1H3. The lowest BCUT2D eigenvalue weighted by Gasteiger charge is -2.34. The van der Waals surface area contributed by atoms with Gasteiger partial charge in [-0.3, -0.25) is 10.1 Å². The smallest absolute Gasteiger partial charge is 0.274 e. The summed E-state index contributed by atoms with van der Waals surface area (Å²) in [4.78, 5) is 19.0. The lowest BCUT2D eigenvalue weighted by atomic mass is 10.3. The normalized spacial score (nSPS) is 17.1. The Bertz CT molecular complexity index is 402. The molecule has 0 unspecified atom stereocenters. The Morgan fingerprint density at radius 3 is 2.71 bits per heavy atom. The molecule has 0 atom stereocenters. The molecule has 2 heterocycles. The maximum atomic E-state index is 10.7. The van der Waals surface area contributed by atoms with Gasteiger partial charge in [-0.15, -0.1) is 0 Å². The molecular formula is C11H16N4O2. The molecule has 1 aromatic rings. The van der Waals surface area contributed by atoms with E-state index < -0.39 is 0 Å². The summed E-state index contributed by atoms with van der Waals surface area (Å²) in [7, 11) is 0. The van der Waals surface area contributed by atoms with Crippen LogP contribution in [0.15, 0.2) is 18.3 Å². The fourth-order valence-electron chi connectivity index (χ4n) is 1.99. The highest BCUT2D eigenvalue weighted by Gasteiger charge is 2.18. The number of aromatic nitrogens is 1. The Hall–Kier alpha value is -1.69. The van der Waals surface area contributed by atoms with Crippen molar-refractivity contribution >= 4 is 11.5 Å². The SMILES string of the molecule is CCN1CCN(c2cc([N+](=O)[O-])ccn2)CC1. The first kappa shape index (κ1) is 11.8. The molecule has 0 aliphatic carbocycles. The van der Waals surface area contributed by atoms with Crippen LogP contribution in [0, 0.1) is 10.1 Å². The first-order chi connectivity index (χ1) is 8.20. The van der Waals surface area contributed by atoms with E-state index in [1.165, 1.54) is 12.3 Å². The fraction of sp³-hybridized carbons (Fsp3) is 0.545. The van der Waals surface area contributed by atoms with Crippen molar-refractivity contribution in [1.82, 2.24) is 9.88 Å². The summed E-state index contributed by atoms with van der Waals surface area (Å²) in [6.45, 7) is 6.92. The highest BCUT2D eigenvalue weighted by atomic mass is 16.6.